The van der Waals surface area contributed by atoms with Gasteiger partial charge in [0.25, 0.3) is 5.69 Å². The number of nitro benzene ring substituents is 1. The van der Waals surface area contributed by atoms with E-state index in [0.29, 0.717) is 17.6 Å². The number of imidazole rings is 1. The molecule has 7 nitrogen and oxygen atoms in total. The van der Waals surface area contributed by atoms with Crippen molar-refractivity contribution in [3.8, 4) is 11.1 Å². The SMILES string of the molecule is CCCCc1nc2cc([N+](=O)[O-])ccc2n1Cc1ccc(-c2ccccc2C(=O)OC(C)(C)C)cc1. The molecular formula is C29H31N3O4. The minimum atomic E-state index is -0.572. The number of ether oxygens (including phenoxy) is 1. The molecule has 1 aromatic heterocycles. The van der Waals surface area contributed by atoms with Gasteiger partial charge in [-0.15, -0.1) is 0 Å². The molecule has 0 aliphatic heterocycles. The van der Waals surface area contributed by atoms with Gasteiger partial charge in [-0.1, -0.05) is 55.8 Å². The second-order valence-electron chi connectivity index (χ2n) is 9.89. The molecule has 0 saturated carbocycles. The van der Waals surface area contributed by atoms with Crippen LogP contribution < -0.4 is 0 Å². The van der Waals surface area contributed by atoms with E-state index in [-0.39, 0.29) is 11.7 Å². The first kappa shape index (κ1) is 25.1. The summed E-state index contributed by atoms with van der Waals surface area (Å²) in [7, 11) is 0. The number of non-ortho nitro benzene ring substituents is 1. The van der Waals surface area contributed by atoms with Gasteiger partial charge in [0.15, 0.2) is 0 Å². The van der Waals surface area contributed by atoms with Crippen LogP contribution in [0.15, 0.2) is 66.7 Å². The Labute approximate surface area is 210 Å². The van der Waals surface area contributed by atoms with E-state index in [0.717, 1.165) is 47.3 Å². The summed E-state index contributed by atoms with van der Waals surface area (Å²) >= 11 is 0. The van der Waals surface area contributed by atoms with Crippen molar-refractivity contribution in [2.24, 2.45) is 0 Å². The Morgan fingerprint density at radius 1 is 1.06 bits per heavy atom. The number of rotatable bonds is 8. The summed E-state index contributed by atoms with van der Waals surface area (Å²) in [5.41, 5.74) is 4.34. The minimum Gasteiger partial charge on any atom is -0.456 e. The van der Waals surface area contributed by atoms with Gasteiger partial charge in [0.1, 0.15) is 11.4 Å². The fourth-order valence-electron chi connectivity index (χ4n) is 4.20. The van der Waals surface area contributed by atoms with Crippen LogP contribution in [0.1, 0.15) is 62.3 Å². The molecule has 0 amide bonds. The molecule has 0 unspecified atom stereocenters. The third kappa shape index (κ3) is 5.62. The summed E-state index contributed by atoms with van der Waals surface area (Å²) in [4.78, 5) is 28.3. The fraction of sp³-hybridized carbons (Fsp3) is 0.310. The number of benzene rings is 3. The molecule has 0 radical (unpaired) electrons. The highest BCUT2D eigenvalue weighted by atomic mass is 16.6. The van der Waals surface area contributed by atoms with E-state index >= 15 is 0 Å². The Kier molecular flexibility index (Phi) is 7.20. The van der Waals surface area contributed by atoms with Crippen LogP contribution in [-0.2, 0) is 17.7 Å². The maximum absolute atomic E-state index is 12.8. The number of hydrogen-bond acceptors (Lipinski definition) is 5. The van der Waals surface area contributed by atoms with Crippen LogP contribution in [0.25, 0.3) is 22.2 Å². The molecule has 0 fully saturated rings. The Hall–Kier alpha value is -4.00. The van der Waals surface area contributed by atoms with E-state index in [2.05, 4.69) is 11.5 Å². The Morgan fingerprint density at radius 2 is 1.78 bits per heavy atom. The maximum atomic E-state index is 12.8. The van der Waals surface area contributed by atoms with Crippen LogP contribution in [-0.4, -0.2) is 26.0 Å². The van der Waals surface area contributed by atoms with E-state index in [4.69, 9.17) is 9.72 Å². The van der Waals surface area contributed by atoms with E-state index < -0.39 is 10.5 Å². The minimum absolute atomic E-state index is 0.0437. The van der Waals surface area contributed by atoms with Gasteiger partial charge in [0, 0.05) is 25.1 Å². The van der Waals surface area contributed by atoms with Crippen molar-refractivity contribution < 1.29 is 14.5 Å². The summed E-state index contributed by atoms with van der Waals surface area (Å²) in [6, 6.07) is 20.4. The third-order valence-corrected chi connectivity index (χ3v) is 5.93. The zero-order valence-electron chi connectivity index (χ0n) is 21.2. The summed E-state index contributed by atoms with van der Waals surface area (Å²) in [6.07, 6.45) is 2.83. The normalized spacial score (nSPS) is 11.6. The Balaban J connectivity index is 1.64. The number of unbranched alkanes of at least 4 members (excludes halogenated alkanes) is 1. The molecule has 4 rings (SSSR count). The summed E-state index contributed by atoms with van der Waals surface area (Å²) in [6.45, 7) is 8.30. The first-order chi connectivity index (χ1) is 17.2. The molecule has 0 bridgehead atoms. The lowest BCUT2D eigenvalue weighted by Crippen LogP contribution is -2.24. The van der Waals surface area contributed by atoms with Gasteiger partial charge in [-0.2, -0.15) is 0 Å². The molecule has 36 heavy (non-hydrogen) atoms. The van der Waals surface area contributed by atoms with Gasteiger partial charge in [-0.25, -0.2) is 9.78 Å². The third-order valence-electron chi connectivity index (χ3n) is 5.93. The predicted molar refractivity (Wildman–Crippen MR) is 141 cm³/mol. The van der Waals surface area contributed by atoms with Gasteiger partial charge in [-0.05, 0) is 56.0 Å². The van der Waals surface area contributed by atoms with Crippen molar-refractivity contribution >= 4 is 22.7 Å². The predicted octanol–water partition coefficient (Wildman–Crippen LogP) is 6.96. The molecule has 0 aliphatic carbocycles. The smallest absolute Gasteiger partial charge is 0.339 e. The monoisotopic (exact) mass is 485 g/mol. The molecule has 1 heterocycles. The fourth-order valence-corrected chi connectivity index (χ4v) is 4.20. The summed E-state index contributed by atoms with van der Waals surface area (Å²) in [5.74, 6) is 0.577. The number of aryl methyl sites for hydroxylation is 1. The van der Waals surface area contributed by atoms with Gasteiger partial charge in [-0.3, -0.25) is 10.1 Å². The first-order valence-electron chi connectivity index (χ1n) is 12.2. The zero-order valence-corrected chi connectivity index (χ0v) is 21.2. The molecule has 0 spiro atoms. The standard InChI is InChI=1S/C29H31N3O4/c1-5-6-11-27-30-25-18-22(32(34)35)16-17-26(25)31(27)19-20-12-14-21(15-13-20)23-9-7-8-10-24(23)28(33)36-29(2,3)4/h7-10,12-18H,5-6,11,19H2,1-4H3. The second kappa shape index (κ2) is 10.3. The van der Waals surface area contributed by atoms with Gasteiger partial charge >= 0.3 is 5.97 Å². The number of aromatic nitrogens is 2. The highest BCUT2D eigenvalue weighted by Crippen LogP contribution is 2.28. The topological polar surface area (TPSA) is 87.3 Å². The van der Waals surface area contributed by atoms with Crippen molar-refractivity contribution in [3.05, 3.63) is 93.8 Å². The Morgan fingerprint density at radius 3 is 2.44 bits per heavy atom. The zero-order chi connectivity index (χ0) is 25.9. The molecule has 4 aromatic rings. The summed E-state index contributed by atoms with van der Waals surface area (Å²) < 4.78 is 7.74. The number of hydrogen-bond donors (Lipinski definition) is 0. The van der Waals surface area contributed by atoms with Crippen molar-refractivity contribution in [2.75, 3.05) is 0 Å². The van der Waals surface area contributed by atoms with Gasteiger partial charge < -0.3 is 9.30 Å². The highest BCUT2D eigenvalue weighted by Gasteiger charge is 2.21. The number of carbonyl (C=O) groups is 1. The van der Waals surface area contributed by atoms with Crippen molar-refractivity contribution in [1.29, 1.82) is 0 Å². The summed E-state index contributed by atoms with van der Waals surface area (Å²) in [5, 5.41) is 11.2. The van der Waals surface area contributed by atoms with Crippen LogP contribution >= 0.6 is 0 Å². The number of nitrogens with zero attached hydrogens (tertiary/aromatic N) is 3. The van der Waals surface area contributed by atoms with Crippen LogP contribution in [0.2, 0.25) is 0 Å². The number of esters is 1. The van der Waals surface area contributed by atoms with E-state index in [1.54, 1.807) is 12.1 Å². The molecule has 0 saturated heterocycles. The lowest BCUT2D eigenvalue weighted by Gasteiger charge is -2.20. The van der Waals surface area contributed by atoms with Gasteiger partial charge in [0.2, 0.25) is 0 Å². The molecule has 0 aliphatic rings. The van der Waals surface area contributed by atoms with E-state index in [1.807, 2.05) is 63.2 Å². The largest absolute Gasteiger partial charge is 0.456 e. The first-order valence-corrected chi connectivity index (χ1v) is 12.2. The van der Waals surface area contributed by atoms with Crippen LogP contribution in [0.5, 0.6) is 0 Å². The van der Waals surface area contributed by atoms with Crippen molar-refractivity contribution in [3.63, 3.8) is 0 Å². The lowest BCUT2D eigenvalue weighted by molar-refractivity contribution is -0.384. The lowest BCUT2D eigenvalue weighted by atomic mass is 9.98. The van der Waals surface area contributed by atoms with Crippen molar-refractivity contribution in [2.45, 2.75) is 59.1 Å². The highest BCUT2D eigenvalue weighted by molar-refractivity contribution is 5.97. The number of nitro groups is 1. The molecule has 0 atom stereocenters. The number of fused-ring (bicyclic) bond motifs is 1. The average molecular weight is 486 g/mol. The quantitative estimate of drug-likeness (QED) is 0.153. The molecule has 3 aromatic carbocycles. The van der Waals surface area contributed by atoms with E-state index in [9.17, 15) is 14.9 Å². The van der Waals surface area contributed by atoms with Gasteiger partial charge in [0.05, 0.1) is 21.5 Å². The Bertz CT molecular complexity index is 1400. The molecule has 0 N–H and O–H groups in total. The second-order valence-corrected chi connectivity index (χ2v) is 9.89. The maximum Gasteiger partial charge on any atom is 0.339 e. The molecule has 186 valence electrons. The van der Waals surface area contributed by atoms with Crippen LogP contribution in [0.3, 0.4) is 0 Å². The van der Waals surface area contributed by atoms with Crippen LogP contribution in [0, 0.1) is 10.1 Å². The van der Waals surface area contributed by atoms with Crippen LogP contribution in [0.4, 0.5) is 5.69 Å². The molecule has 7 heteroatoms. The van der Waals surface area contributed by atoms with Crippen molar-refractivity contribution in [1.82, 2.24) is 9.55 Å². The number of carbonyl (C=O) groups excluding carboxylic acids is 1. The van der Waals surface area contributed by atoms with E-state index in [1.165, 1.54) is 12.1 Å². The average Bonchev–Trinajstić information content (AvgIpc) is 3.18. The molecular weight excluding hydrogens is 454 g/mol.